The molecule has 0 saturated heterocycles. The largest absolute Gasteiger partial charge is 0.398 e. The van der Waals surface area contributed by atoms with Crippen molar-refractivity contribution in [3.8, 4) is 0 Å². The molecule has 3 heteroatoms. The molecule has 17 heavy (non-hydrogen) atoms. The molecule has 0 aliphatic rings. The Balaban J connectivity index is 3.01. The maximum Gasteiger partial charge on any atom is 0.161 e. The van der Waals surface area contributed by atoms with Crippen LogP contribution < -0.4 is 11.1 Å². The minimum atomic E-state index is 0.000787. The van der Waals surface area contributed by atoms with E-state index < -0.39 is 0 Å². The Morgan fingerprint density at radius 1 is 1.35 bits per heavy atom. The highest BCUT2D eigenvalue weighted by Gasteiger charge is 2.19. The van der Waals surface area contributed by atoms with Crippen molar-refractivity contribution in [3.63, 3.8) is 0 Å². The number of benzene rings is 1. The molecule has 0 aliphatic carbocycles. The molecule has 0 heterocycles. The van der Waals surface area contributed by atoms with Crippen molar-refractivity contribution in [3.05, 3.63) is 23.8 Å². The summed E-state index contributed by atoms with van der Waals surface area (Å²) in [5.41, 5.74) is 7.91. The zero-order valence-corrected chi connectivity index (χ0v) is 11.1. The lowest BCUT2D eigenvalue weighted by molar-refractivity contribution is 0.101. The number of anilines is 2. The number of Topliss-reactive ketones (excluding diaryl/α,β-unsaturated/α-hetero) is 1. The summed E-state index contributed by atoms with van der Waals surface area (Å²) in [6.07, 6.45) is 2.06. The Labute approximate surface area is 103 Å². The highest BCUT2D eigenvalue weighted by molar-refractivity contribution is 6.00. The van der Waals surface area contributed by atoms with Gasteiger partial charge in [0.15, 0.2) is 5.78 Å². The Kier molecular flexibility index (Phi) is 4.16. The average Bonchev–Trinajstić information content (AvgIpc) is 2.31. The fourth-order valence-electron chi connectivity index (χ4n) is 1.71. The van der Waals surface area contributed by atoms with E-state index in [-0.39, 0.29) is 11.3 Å². The van der Waals surface area contributed by atoms with Crippen LogP contribution in [0.25, 0.3) is 0 Å². The first kappa shape index (κ1) is 13.6. The Bertz CT molecular complexity index is 409. The standard InChI is InChI=1S/C14H22N2O/c1-5-14(4,6-2)16-11-7-8-13(15)12(9-11)10(3)17/h7-9,16H,5-6,15H2,1-4H3. The summed E-state index contributed by atoms with van der Waals surface area (Å²) >= 11 is 0. The van der Waals surface area contributed by atoms with E-state index in [2.05, 4.69) is 26.1 Å². The summed E-state index contributed by atoms with van der Waals surface area (Å²) in [5, 5.41) is 3.47. The summed E-state index contributed by atoms with van der Waals surface area (Å²) in [6.45, 7) is 8.02. The molecule has 0 fully saturated rings. The van der Waals surface area contributed by atoms with Crippen LogP contribution in [-0.4, -0.2) is 11.3 Å². The van der Waals surface area contributed by atoms with Gasteiger partial charge in [0.25, 0.3) is 0 Å². The van der Waals surface area contributed by atoms with Crippen molar-refractivity contribution in [1.29, 1.82) is 0 Å². The zero-order chi connectivity index (χ0) is 13.1. The molecule has 0 radical (unpaired) electrons. The molecule has 0 amide bonds. The van der Waals surface area contributed by atoms with Crippen molar-refractivity contribution in [2.45, 2.75) is 46.1 Å². The predicted octanol–water partition coefficient (Wildman–Crippen LogP) is 3.46. The molecule has 3 nitrogen and oxygen atoms in total. The molecular formula is C14H22N2O. The van der Waals surface area contributed by atoms with E-state index in [1.165, 1.54) is 6.92 Å². The van der Waals surface area contributed by atoms with Crippen LogP contribution in [0.1, 0.15) is 50.9 Å². The molecule has 0 bridgehead atoms. The molecule has 1 aromatic rings. The number of carbonyl (C=O) groups is 1. The van der Waals surface area contributed by atoms with E-state index in [9.17, 15) is 4.79 Å². The lowest BCUT2D eigenvalue weighted by Crippen LogP contribution is -2.32. The van der Waals surface area contributed by atoms with Crippen molar-refractivity contribution >= 4 is 17.2 Å². The van der Waals surface area contributed by atoms with Gasteiger partial charge in [0.1, 0.15) is 0 Å². The van der Waals surface area contributed by atoms with Gasteiger partial charge in [-0.3, -0.25) is 4.79 Å². The lowest BCUT2D eigenvalue weighted by Gasteiger charge is -2.29. The van der Waals surface area contributed by atoms with Crippen molar-refractivity contribution in [2.24, 2.45) is 0 Å². The second-order valence-corrected chi connectivity index (χ2v) is 4.75. The molecule has 0 aromatic heterocycles. The van der Waals surface area contributed by atoms with E-state index in [1.54, 1.807) is 6.07 Å². The van der Waals surface area contributed by atoms with Gasteiger partial charge < -0.3 is 11.1 Å². The Morgan fingerprint density at radius 3 is 2.41 bits per heavy atom. The molecule has 0 unspecified atom stereocenters. The number of ketones is 1. The van der Waals surface area contributed by atoms with E-state index >= 15 is 0 Å². The summed E-state index contributed by atoms with van der Waals surface area (Å²) < 4.78 is 0. The van der Waals surface area contributed by atoms with Crippen LogP contribution in [0, 0.1) is 0 Å². The predicted molar refractivity (Wildman–Crippen MR) is 73.5 cm³/mol. The maximum atomic E-state index is 11.4. The third-order valence-corrected chi connectivity index (χ3v) is 3.44. The number of hydrogen-bond donors (Lipinski definition) is 2. The molecule has 0 saturated carbocycles. The molecule has 94 valence electrons. The topological polar surface area (TPSA) is 55.1 Å². The Hall–Kier alpha value is -1.51. The Morgan fingerprint density at radius 2 is 1.94 bits per heavy atom. The first-order valence-corrected chi connectivity index (χ1v) is 6.10. The number of nitrogens with one attached hydrogen (secondary N) is 1. The summed E-state index contributed by atoms with van der Waals surface area (Å²) in [5.74, 6) is 0.000787. The smallest absolute Gasteiger partial charge is 0.161 e. The minimum absolute atomic E-state index is 0.000787. The summed E-state index contributed by atoms with van der Waals surface area (Å²) in [4.78, 5) is 11.4. The molecule has 1 rings (SSSR count). The number of carbonyl (C=O) groups excluding carboxylic acids is 1. The molecule has 0 aliphatic heterocycles. The number of nitrogens with two attached hydrogens (primary N) is 1. The van der Waals surface area contributed by atoms with Gasteiger partial charge in [-0.2, -0.15) is 0 Å². The normalized spacial score (nSPS) is 11.3. The van der Waals surface area contributed by atoms with Crippen LogP contribution in [-0.2, 0) is 0 Å². The number of hydrogen-bond acceptors (Lipinski definition) is 3. The fraction of sp³-hybridized carbons (Fsp3) is 0.500. The van der Waals surface area contributed by atoms with Crippen LogP contribution in [0.15, 0.2) is 18.2 Å². The van der Waals surface area contributed by atoms with E-state index in [1.807, 2.05) is 12.1 Å². The van der Waals surface area contributed by atoms with Gasteiger partial charge in [-0.25, -0.2) is 0 Å². The highest BCUT2D eigenvalue weighted by Crippen LogP contribution is 2.24. The molecule has 0 spiro atoms. The third kappa shape index (κ3) is 3.22. The van der Waals surface area contributed by atoms with Gasteiger partial charge in [0.05, 0.1) is 0 Å². The van der Waals surface area contributed by atoms with Gasteiger partial charge in [-0.05, 0) is 44.9 Å². The second kappa shape index (κ2) is 5.21. The number of rotatable bonds is 5. The van der Waals surface area contributed by atoms with Crippen LogP contribution in [0.5, 0.6) is 0 Å². The summed E-state index contributed by atoms with van der Waals surface area (Å²) in [6, 6.07) is 5.54. The quantitative estimate of drug-likeness (QED) is 0.606. The molecule has 0 atom stereocenters. The monoisotopic (exact) mass is 234 g/mol. The van der Waals surface area contributed by atoms with E-state index in [4.69, 9.17) is 5.73 Å². The lowest BCUT2D eigenvalue weighted by atomic mass is 9.95. The first-order valence-electron chi connectivity index (χ1n) is 6.10. The van der Waals surface area contributed by atoms with Gasteiger partial charge >= 0.3 is 0 Å². The highest BCUT2D eigenvalue weighted by atomic mass is 16.1. The van der Waals surface area contributed by atoms with Crippen LogP contribution in [0.2, 0.25) is 0 Å². The second-order valence-electron chi connectivity index (χ2n) is 4.75. The first-order chi connectivity index (χ1) is 7.91. The maximum absolute atomic E-state index is 11.4. The van der Waals surface area contributed by atoms with E-state index in [0.717, 1.165) is 18.5 Å². The van der Waals surface area contributed by atoms with E-state index in [0.29, 0.717) is 11.3 Å². The average molecular weight is 234 g/mol. The minimum Gasteiger partial charge on any atom is -0.398 e. The molecule has 3 N–H and O–H groups in total. The SMILES string of the molecule is CCC(C)(CC)Nc1ccc(N)c(C(C)=O)c1. The van der Waals surface area contributed by atoms with Gasteiger partial charge in [0.2, 0.25) is 0 Å². The van der Waals surface area contributed by atoms with Crippen molar-refractivity contribution in [2.75, 3.05) is 11.1 Å². The van der Waals surface area contributed by atoms with Gasteiger partial charge in [0, 0.05) is 22.5 Å². The fourth-order valence-corrected chi connectivity index (χ4v) is 1.71. The third-order valence-electron chi connectivity index (χ3n) is 3.44. The van der Waals surface area contributed by atoms with Crippen molar-refractivity contribution < 1.29 is 4.79 Å². The van der Waals surface area contributed by atoms with Crippen LogP contribution in [0.3, 0.4) is 0 Å². The summed E-state index contributed by atoms with van der Waals surface area (Å²) in [7, 11) is 0. The zero-order valence-electron chi connectivity index (χ0n) is 11.1. The van der Waals surface area contributed by atoms with Crippen LogP contribution in [0.4, 0.5) is 11.4 Å². The molecular weight excluding hydrogens is 212 g/mol. The van der Waals surface area contributed by atoms with Crippen molar-refractivity contribution in [1.82, 2.24) is 0 Å². The van der Waals surface area contributed by atoms with Crippen LogP contribution >= 0.6 is 0 Å². The molecule has 1 aromatic carbocycles. The number of nitrogen functional groups attached to an aromatic ring is 1. The van der Waals surface area contributed by atoms with Gasteiger partial charge in [-0.15, -0.1) is 0 Å². The van der Waals surface area contributed by atoms with Gasteiger partial charge in [-0.1, -0.05) is 13.8 Å².